The number of hydrogen-bond acceptors (Lipinski definition) is 7. The lowest BCUT2D eigenvalue weighted by Crippen LogP contribution is -2.39. The Morgan fingerprint density at radius 1 is 1.05 bits per heavy atom. The van der Waals surface area contributed by atoms with E-state index in [0.29, 0.717) is 11.5 Å². The van der Waals surface area contributed by atoms with Gasteiger partial charge in [-0.15, -0.1) is 5.10 Å². The van der Waals surface area contributed by atoms with Gasteiger partial charge in [0.05, 0.1) is 17.5 Å². The van der Waals surface area contributed by atoms with Gasteiger partial charge in [0.2, 0.25) is 5.88 Å². The highest BCUT2D eigenvalue weighted by atomic mass is 32.2. The molecule has 0 radical (unpaired) electrons. The number of nitrogens with one attached hydrogen (secondary N) is 1. The van der Waals surface area contributed by atoms with Crippen molar-refractivity contribution in [1.82, 2.24) is 28.7 Å². The summed E-state index contributed by atoms with van der Waals surface area (Å²) in [6, 6.07) is 10.2. The molecule has 0 atom stereocenters. The Kier molecular flexibility index (Phi) is 8.96. The fourth-order valence-electron chi connectivity index (χ4n) is 5.76. The second-order valence-corrected chi connectivity index (χ2v) is 13.6. The van der Waals surface area contributed by atoms with E-state index in [1.165, 1.54) is 45.3 Å². The number of ether oxygens (including phenoxy) is 1. The molecule has 0 spiro atoms. The van der Waals surface area contributed by atoms with Crippen LogP contribution < -0.4 is 9.46 Å². The third kappa shape index (κ3) is 6.73. The summed E-state index contributed by atoms with van der Waals surface area (Å²) in [6.45, 7) is 7.07. The van der Waals surface area contributed by atoms with E-state index < -0.39 is 16.1 Å². The predicted octanol–water partition coefficient (Wildman–Crippen LogP) is 4.91. The lowest BCUT2D eigenvalue weighted by atomic mass is 9.95. The molecule has 41 heavy (non-hydrogen) atoms. The van der Waals surface area contributed by atoms with Crippen LogP contribution in [0.4, 0.5) is 0 Å². The van der Waals surface area contributed by atoms with Crippen LogP contribution in [0, 0.1) is 0 Å². The minimum Gasteiger partial charge on any atom is -0.473 e. The molecule has 0 unspecified atom stereocenters. The average molecular weight is 583 g/mol. The molecule has 1 aromatic carbocycles. The number of hydrogen-bond donors (Lipinski definition) is 1. The molecule has 3 heterocycles. The van der Waals surface area contributed by atoms with Crippen molar-refractivity contribution >= 4 is 27.1 Å². The minimum absolute atomic E-state index is 0.0170. The summed E-state index contributed by atoms with van der Waals surface area (Å²) in [4.78, 5) is 20.5. The van der Waals surface area contributed by atoms with Gasteiger partial charge in [0.15, 0.2) is 5.65 Å². The molecule has 5 rings (SSSR count). The first kappa shape index (κ1) is 29.5. The van der Waals surface area contributed by atoms with Crippen molar-refractivity contribution in [2.45, 2.75) is 83.9 Å². The number of likely N-dealkylation sites (tertiary alicyclic amines) is 1. The molecule has 2 fully saturated rings. The predicted molar refractivity (Wildman–Crippen MR) is 160 cm³/mol. The summed E-state index contributed by atoms with van der Waals surface area (Å²) in [6.07, 6.45) is 8.98. The van der Waals surface area contributed by atoms with Crippen molar-refractivity contribution in [2.24, 2.45) is 0 Å². The molecule has 1 N–H and O–H groups in total. The Labute approximate surface area is 243 Å². The van der Waals surface area contributed by atoms with Crippen LogP contribution in [-0.4, -0.2) is 71.6 Å². The number of amides is 1. The third-order valence-electron chi connectivity index (χ3n) is 7.95. The number of carbonyl (C=O) groups excluding carboxylic acids is 1. The van der Waals surface area contributed by atoms with Crippen LogP contribution in [0.15, 0.2) is 30.3 Å². The van der Waals surface area contributed by atoms with Crippen LogP contribution in [0.25, 0.3) is 22.2 Å². The second kappa shape index (κ2) is 12.5. The molecule has 1 aliphatic carbocycles. The molecule has 1 amide bonds. The first-order chi connectivity index (χ1) is 19.6. The van der Waals surface area contributed by atoms with Gasteiger partial charge in [-0.05, 0) is 69.8 Å². The molecule has 1 aliphatic heterocycles. The van der Waals surface area contributed by atoms with Crippen LogP contribution in [0.5, 0.6) is 5.88 Å². The summed E-state index contributed by atoms with van der Waals surface area (Å²) in [5.74, 6) is -0.306. The van der Waals surface area contributed by atoms with Gasteiger partial charge in [-0.25, -0.2) is 14.4 Å². The van der Waals surface area contributed by atoms with Gasteiger partial charge in [-0.1, -0.05) is 49.9 Å². The fourth-order valence-corrected chi connectivity index (χ4v) is 6.28. The molecular weight excluding hydrogens is 540 g/mol. The first-order valence-electron chi connectivity index (χ1n) is 14.8. The van der Waals surface area contributed by atoms with Crippen LogP contribution in [0.1, 0.15) is 87.3 Å². The van der Waals surface area contributed by atoms with Gasteiger partial charge in [-0.3, -0.25) is 9.69 Å². The Bertz CT molecular complexity index is 1470. The number of benzene rings is 1. The molecule has 3 aromatic rings. The third-order valence-corrected chi connectivity index (χ3v) is 9.36. The highest BCUT2D eigenvalue weighted by Crippen LogP contribution is 2.39. The number of nitrogens with zero attached hydrogens (tertiary/aromatic N) is 5. The van der Waals surface area contributed by atoms with E-state index in [-0.39, 0.29) is 17.8 Å². The van der Waals surface area contributed by atoms with Gasteiger partial charge >= 0.3 is 10.2 Å². The van der Waals surface area contributed by atoms with E-state index in [0.717, 1.165) is 66.1 Å². The molecule has 2 aromatic heterocycles. The summed E-state index contributed by atoms with van der Waals surface area (Å²) >= 11 is 0. The molecule has 1 saturated carbocycles. The summed E-state index contributed by atoms with van der Waals surface area (Å²) < 4.78 is 36.2. The number of piperidine rings is 1. The Balaban J connectivity index is 1.62. The number of rotatable bonds is 9. The van der Waals surface area contributed by atoms with Crippen molar-refractivity contribution in [3.05, 3.63) is 41.6 Å². The van der Waals surface area contributed by atoms with Crippen molar-refractivity contribution in [1.29, 1.82) is 0 Å². The van der Waals surface area contributed by atoms with E-state index in [4.69, 9.17) is 14.8 Å². The van der Waals surface area contributed by atoms with Crippen molar-refractivity contribution in [2.75, 3.05) is 27.2 Å². The zero-order valence-corrected chi connectivity index (χ0v) is 25.4. The van der Waals surface area contributed by atoms with E-state index in [1.54, 1.807) is 6.07 Å². The normalized spacial score (nSPS) is 17.4. The smallest absolute Gasteiger partial charge is 0.303 e. The topological polar surface area (TPSA) is 110 Å². The lowest BCUT2D eigenvalue weighted by Gasteiger charge is -2.26. The van der Waals surface area contributed by atoms with Crippen molar-refractivity contribution < 1.29 is 17.9 Å². The Hall–Kier alpha value is -3.02. The van der Waals surface area contributed by atoms with E-state index in [2.05, 4.69) is 33.9 Å². The number of fused-ring (bicyclic) bond motifs is 1. The van der Waals surface area contributed by atoms with Gasteiger partial charge in [-0.2, -0.15) is 12.7 Å². The molecule has 2 aliphatic rings. The second-order valence-electron chi connectivity index (χ2n) is 11.7. The molecule has 222 valence electrons. The van der Waals surface area contributed by atoms with Crippen molar-refractivity contribution in [3.63, 3.8) is 0 Å². The average Bonchev–Trinajstić information content (AvgIpc) is 3.31. The van der Waals surface area contributed by atoms with Crippen LogP contribution in [0.2, 0.25) is 0 Å². The van der Waals surface area contributed by atoms with Gasteiger partial charge in [0.25, 0.3) is 5.91 Å². The highest BCUT2D eigenvalue weighted by molar-refractivity contribution is 7.87. The summed E-state index contributed by atoms with van der Waals surface area (Å²) in [5.41, 5.74) is 3.41. The van der Waals surface area contributed by atoms with Crippen LogP contribution in [-0.2, 0) is 16.8 Å². The monoisotopic (exact) mass is 582 g/mol. The summed E-state index contributed by atoms with van der Waals surface area (Å²) in [5, 5.41) is 5.64. The largest absolute Gasteiger partial charge is 0.473 e. The minimum atomic E-state index is -4.00. The van der Waals surface area contributed by atoms with Gasteiger partial charge in [0, 0.05) is 26.2 Å². The Morgan fingerprint density at radius 3 is 2.34 bits per heavy atom. The van der Waals surface area contributed by atoms with Crippen molar-refractivity contribution in [3.8, 4) is 17.0 Å². The van der Waals surface area contributed by atoms with Gasteiger partial charge in [0.1, 0.15) is 5.69 Å². The van der Waals surface area contributed by atoms with Crippen LogP contribution >= 0.6 is 0 Å². The number of pyridine rings is 1. The van der Waals surface area contributed by atoms with Gasteiger partial charge < -0.3 is 4.74 Å². The first-order valence-corrected chi connectivity index (χ1v) is 16.2. The summed E-state index contributed by atoms with van der Waals surface area (Å²) in [7, 11) is -1.25. The maximum atomic E-state index is 13.3. The van der Waals surface area contributed by atoms with Crippen LogP contribution in [0.3, 0.4) is 0 Å². The van der Waals surface area contributed by atoms with E-state index in [1.807, 2.05) is 18.5 Å². The zero-order chi connectivity index (χ0) is 29.1. The van der Waals surface area contributed by atoms with E-state index in [9.17, 15) is 13.2 Å². The molecule has 11 heteroatoms. The van der Waals surface area contributed by atoms with E-state index >= 15 is 0 Å². The standard InChI is InChI=1S/C30H42N6O4S/c1-21(2)40-30-27-25(23-15-13-22(14-16-23)20-35-17-9-6-10-18-35)19-26(29(37)33-41(38,39)34(3)4)31-28(27)36(32-30)24-11-7-5-8-12-24/h13-16,19,21,24H,5-12,17-18,20H2,1-4H3,(H,33,37). The molecule has 0 bridgehead atoms. The fraction of sp³-hybridized carbons (Fsp3) is 0.567. The molecule has 10 nitrogen and oxygen atoms in total. The quantitative estimate of drug-likeness (QED) is 0.382. The number of aromatic nitrogens is 3. The lowest BCUT2D eigenvalue weighted by molar-refractivity contribution is 0.0975. The maximum Gasteiger partial charge on any atom is 0.303 e. The number of carbonyl (C=O) groups is 1. The maximum absolute atomic E-state index is 13.3. The molecule has 1 saturated heterocycles. The molecular formula is C30H42N6O4S. The SMILES string of the molecule is CC(C)Oc1nn(C2CCCCC2)c2nc(C(=O)NS(=O)(=O)N(C)C)cc(-c3ccc(CN4CCCCC4)cc3)c12. The zero-order valence-electron chi connectivity index (χ0n) is 24.6. The Morgan fingerprint density at radius 2 is 1.71 bits per heavy atom. The highest BCUT2D eigenvalue weighted by Gasteiger charge is 2.28.